The minimum Gasteiger partial charge on any atom is -0.379 e. The number of hydrogen-bond acceptors (Lipinski definition) is 2. The summed E-state index contributed by atoms with van der Waals surface area (Å²) in [5.41, 5.74) is 0. The molecule has 0 saturated carbocycles. The summed E-state index contributed by atoms with van der Waals surface area (Å²) in [5, 5.41) is 0. The van der Waals surface area contributed by atoms with Crippen molar-refractivity contribution in [1.82, 2.24) is 0 Å². The molecular formula is C10H22O2S. The van der Waals surface area contributed by atoms with Gasteiger partial charge in [-0.05, 0) is 12.5 Å². The Kier molecular flexibility index (Phi) is 3.31. The average Bonchev–Trinajstić information content (AvgIpc) is 2.35. The topological polar surface area (TPSA) is 18.5 Å². The number of hydrogen-bond donors (Lipinski definition) is 0. The molecule has 0 aromatic carbocycles. The summed E-state index contributed by atoms with van der Waals surface area (Å²) >= 11 is 0. The van der Waals surface area contributed by atoms with Crippen LogP contribution in [-0.2, 0) is 8.92 Å². The van der Waals surface area contributed by atoms with Gasteiger partial charge in [0.25, 0.3) is 0 Å². The maximum Gasteiger partial charge on any atom is 0.0955 e. The van der Waals surface area contributed by atoms with E-state index in [1.807, 2.05) is 0 Å². The second-order valence-electron chi connectivity index (χ2n) is 4.93. The SMILES string of the molecule is CC(C)(C)S(C)(C)O[C@@H]1CCOC1. The van der Waals surface area contributed by atoms with Crippen molar-refractivity contribution in [2.45, 2.75) is 38.0 Å². The molecule has 0 spiro atoms. The molecular weight excluding hydrogens is 184 g/mol. The van der Waals surface area contributed by atoms with Crippen LogP contribution < -0.4 is 0 Å². The molecule has 0 aliphatic carbocycles. The summed E-state index contributed by atoms with van der Waals surface area (Å²) in [5.74, 6) is 0. The first kappa shape index (κ1) is 11.3. The van der Waals surface area contributed by atoms with Crippen molar-refractivity contribution in [3.05, 3.63) is 0 Å². The van der Waals surface area contributed by atoms with E-state index >= 15 is 0 Å². The van der Waals surface area contributed by atoms with Crippen LogP contribution >= 0.6 is 10.3 Å². The third-order valence-corrected chi connectivity index (χ3v) is 6.44. The van der Waals surface area contributed by atoms with Crippen molar-refractivity contribution < 1.29 is 8.92 Å². The van der Waals surface area contributed by atoms with Gasteiger partial charge in [-0.2, -0.15) is 0 Å². The molecule has 3 heteroatoms. The lowest BCUT2D eigenvalue weighted by Crippen LogP contribution is -2.29. The molecule has 1 aliphatic rings. The average molecular weight is 206 g/mol. The maximum atomic E-state index is 6.12. The minimum absolute atomic E-state index is 0.260. The molecule has 1 fully saturated rings. The highest BCUT2D eigenvalue weighted by atomic mass is 32.3. The lowest BCUT2D eigenvalue weighted by atomic mass is 10.3. The van der Waals surface area contributed by atoms with Crippen LogP contribution in [0.3, 0.4) is 0 Å². The zero-order valence-electron chi connectivity index (χ0n) is 9.42. The van der Waals surface area contributed by atoms with Gasteiger partial charge in [0.05, 0.1) is 12.7 Å². The zero-order chi connectivity index (χ0) is 10.1. The van der Waals surface area contributed by atoms with E-state index in [0.29, 0.717) is 6.10 Å². The van der Waals surface area contributed by atoms with Gasteiger partial charge >= 0.3 is 0 Å². The second-order valence-corrected chi connectivity index (χ2v) is 8.81. The molecule has 1 rings (SSSR count). The Morgan fingerprint density at radius 2 is 1.92 bits per heavy atom. The van der Waals surface area contributed by atoms with Crippen LogP contribution in [0, 0.1) is 0 Å². The van der Waals surface area contributed by atoms with Gasteiger partial charge in [-0.25, -0.2) is 0 Å². The standard InChI is InChI=1S/C10H22O2S/c1-10(2,3)13(4,5)12-9-6-7-11-8-9/h9H,6-8H2,1-5H3/t9-/m1/s1. The first-order valence-corrected chi connectivity index (χ1v) is 7.19. The third-order valence-electron chi connectivity index (χ3n) is 2.74. The summed E-state index contributed by atoms with van der Waals surface area (Å²) in [6, 6.07) is 0. The summed E-state index contributed by atoms with van der Waals surface area (Å²) < 4.78 is 11.7. The molecule has 80 valence electrons. The quantitative estimate of drug-likeness (QED) is 0.691. The molecule has 0 aromatic heterocycles. The van der Waals surface area contributed by atoms with Gasteiger partial charge in [-0.15, -0.1) is 10.3 Å². The Bertz CT molecular complexity index is 166. The minimum atomic E-state index is -0.961. The second kappa shape index (κ2) is 3.79. The van der Waals surface area contributed by atoms with Crippen LogP contribution in [0.15, 0.2) is 0 Å². The van der Waals surface area contributed by atoms with Crippen molar-refractivity contribution in [3.63, 3.8) is 0 Å². The van der Waals surface area contributed by atoms with E-state index in [-0.39, 0.29) is 4.75 Å². The Labute approximate surface area is 83.5 Å². The lowest BCUT2D eigenvalue weighted by Gasteiger charge is -2.45. The Morgan fingerprint density at radius 1 is 1.31 bits per heavy atom. The van der Waals surface area contributed by atoms with Gasteiger partial charge in [0.15, 0.2) is 0 Å². The molecule has 0 bridgehead atoms. The molecule has 13 heavy (non-hydrogen) atoms. The number of ether oxygens (including phenoxy) is 1. The van der Waals surface area contributed by atoms with Crippen molar-refractivity contribution in [1.29, 1.82) is 0 Å². The highest BCUT2D eigenvalue weighted by Crippen LogP contribution is 2.55. The highest BCUT2D eigenvalue weighted by molar-refractivity contribution is 8.29. The van der Waals surface area contributed by atoms with Crippen LogP contribution in [0.2, 0.25) is 0 Å². The fourth-order valence-electron chi connectivity index (χ4n) is 1.07. The first-order valence-electron chi connectivity index (χ1n) is 4.82. The summed E-state index contributed by atoms with van der Waals surface area (Å²) in [6.45, 7) is 8.39. The Hall–Kier alpha value is 0.270. The monoisotopic (exact) mass is 206 g/mol. The summed E-state index contributed by atoms with van der Waals surface area (Å²) in [4.78, 5) is 0. The van der Waals surface area contributed by atoms with E-state index in [2.05, 4.69) is 33.3 Å². The molecule has 1 atom stereocenters. The molecule has 1 saturated heterocycles. The third kappa shape index (κ3) is 2.86. The summed E-state index contributed by atoms with van der Waals surface area (Å²) in [6.07, 6.45) is 5.88. The van der Waals surface area contributed by atoms with E-state index in [9.17, 15) is 0 Å². The fourth-order valence-corrected chi connectivity index (χ4v) is 2.19. The van der Waals surface area contributed by atoms with Gasteiger partial charge in [0.2, 0.25) is 0 Å². The smallest absolute Gasteiger partial charge is 0.0955 e. The highest BCUT2D eigenvalue weighted by Gasteiger charge is 2.32. The predicted octanol–water partition coefficient (Wildman–Crippen LogP) is 2.57. The van der Waals surface area contributed by atoms with Crippen LogP contribution in [0.25, 0.3) is 0 Å². The first-order chi connectivity index (χ1) is 5.83. The van der Waals surface area contributed by atoms with Crippen molar-refractivity contribution in [2.75, 3.05) is 25.7 Å². The summed E-state index contributed by atoms with van der Waals surface area (Å²) in [7, 11) is -0.961. The van der Waals surface area contributed by atoms with Gasteiger partial charge in [0, 0.05) is 17.8 Å². The Balaban J connectivity index is 2.50. The van der Waals surface area contributed by atoms with Crippen LogP contribution in [-0.4, -0.2) is 36.6 Å². The lowest BCUT2D eigenvalue weighted by molar-refractivity contribution is 0.150. The molecule has 0 N–H and O–H groups in total. The normalized spacial score (nSPS) is 26.4. The van der Waals surface area contributed by atoms with Crippen molar-refractivity contribution >= 4 is 10.3 Å². The molecule has 1 aliphatic heterocycles. The molecule has 1 heterocycles. The van der Waals surface area contributed by atoms with Crippen molar-refractivity contribution in [2.24, 2.45) is 0 Å². The molecule has 2 nitrogen and oxygen atoms in total. The van der Waals surface area contributed by atoms with Crippen LogP contribution in [0.4, 0.5) is 0 Å². The molecule has 0 radical (unpaired) electrons. The van der Waals surface area contributed by atoms with E-state index in [1.54, 1.807) is 0 Å². The maximum absolute atomic E-state index is 6.12. The zero-order valence-corrected chi connectivity index (χ0v) is 10.2. The predicted molar refractivity (Wildman–Crippen MR) is 59.5 cm³/mol. The Morgan fingerprint density at radius 3 is 2.31 bits per heavy atom. The molecule has 0 amide bonds. The van der Waals surface area contributed by atoms with Gasteiger partial charge in [-0.3, -0.25) is 0 Å². The van der Waals surface area contributed by atoms with Crippen LogP contribution in [0.5, 0.6) is 0 Å². The molecule has 0 unspecified atom stereocenters. The van der Waals surface area contributed by atoms with E-state index in [4.69, 9.17) is 8.92 Å². The van der Waals surface area contributed by atoms with E-state index in [1.165, 1.54) is 0 Å². The number of rotatable bonds is 2. The van der Waals surface area contributed by atoms with Crippen molar-refractivity contribution in [3.8, 4) is 0 Å². The van der Waals surface area contributed by atoms with E-state index in [0.717, 1.165) is 19.6 Å². The van der Waals surface area contributed by atoms with Gasteiger partial charge < -0.3 is 8.92 Å². The van der Waals surface area contributed by atoms with Crippen LogP contribution in [0.1, 0.15) is 27.2 Å². The largest absolute Gasteiger partial charge is 0.379 e. The van der Waals surface area contributed by atoms with Gasteiger partial charge in [-0.1, -0.05) is 20.8 Å². The van der Waals surface area contributed by atoms with Gasteiger partial charge in [0.1, 0.15) is 0 Å². The fraction of sp³-hybridized carbons (Fsp3) is 1.00. The van der Waals surface area contributed by atoms with E-state index < -0.39 is 10.3 Å². The molecule has 0 aromatic rings.